The van der Waals surface area contributed by atoms with E-state index < -0.39 is 0 Å². The average Bonchev–Trinajstić information content (AvgIpc) is 2.81. The van der Waals surface area contributed by atoms with Gasteiger partial charge in [0.1, 0.15) is 0 Å². The number of carbonyl (C=O) groups is 1. The SMILES string of the molecule is C=C(Cc1ccc(Br)n1Cc1ccccc1)C(=O)OCC. The summed E-state index contributed by atoms with van der Waals surface area (Å²) in [4.78, 5) is 11.7. The van der Waals surface area contributed by atoms with Gasteiger partial charge >= 0.3 is 5.97 Å². The summed E-state index contributed by atoms with van der Waals surface area (Å²) in [7, 11) is 0. The number of rotatable bonds is 6. The predicted molar refractivity (Wildman–Crippen MR) is 87.2 cm³/mol. The van der Waals surface area contributed by atoms with Gasteiger partial charge < -0.3 is 9.30 Å². The summed E-state index contributed by atoms with van der Waals surface area (Å²) in [5.74, 6) is -0.332. The Morgan fingerprint density at radius 1 is 1.24 bits per heavy atom. The zero-order valence-corrected chi connectivity index (χ0v) is 13.6. The Balaban J connectivity index is 2.15. The zero-order chi connectivity index (χ0) is 15.2. The van der Waals surface area contributed by atoms with Crippen molar-refractivity contribution in [2.24, 2.45) is 0 Å². The van der Waals surface area contributed by atoms with Crippen molar-refractivity contribution in [2.45, 2.75) is 19.9 Å². The van der Waals surface area contributed by atoms with Crippen LogP contribution in [0.15, 0.2) is 59.2 Å². The third-order valence-corrected chi connectivity index (χ3v) is 3.85. The maximum absolute atomic E-state index is 11.7. The van der Waals surface area contributed by atoms with Crippen molar-refractivity contribution in [3.8, 4) is 0 Å². The topological polar surface area (TPSA) is 31.2 Å². The van der Waals surface area contributed by atoms with Crippen molar-refractivity contribution in [1.82, 2.24) is 4.57 Å². The van der Waals surface area contributed by atoms with Crippen LogP contribution in [0.3, 0.4) is 0 Å². The number of ether oxygens (including phenoxy) is 1. The standard InChI is InChI=1S/C17H18BrNO2/c1-3-21-17(20)13(2)11-15-9-10-16(18)19(15)12-14-7-5-4-6-8-14/h4-10H,2-3,11-12H2,1H3. The van der Waals surface area contributed by atoms with Gasteiger partial charge in [-0.3, -0.25) is 0 Å². The van der Waals surface area contributed by atoms with Crippen molar-refractivity contribution in [3.05, 3.63) is 70.5 Å². The number of aromatic nitrogens is 1. The molecule has 4 heteroatoms. The Bertz CT molecular complexity index is 631. The molecule has 0 atom stereocenters. The Hall–Kier alpha value is -1.81. The molecular weight excluding hydrogens is 330 g/mol. The minimum absolute atomic E-state index is 0.332. The molecule has 0 spiro atoms. The van der Waals surface area contributed by atoms with E-state index in [1.807, 2.05) is 30.3 Å². The summed E-state index contributed by atoms with van der Waals surface area (Å²) in [6.45, 7) is 6.73. The second kappa shape index (κ2) is 7.27. The highest BCUT2D eigenvalue weighted by atomic mass is 79.9. The molecule has 110 valence electrons. The van der Waals surface area contributed by atoms with E-state index in [1.54, 1.807) is 6.92 Å². The average molecular weight is 348 g/mol. The molecule has 0 unspecified atom stereocenters. The first kappa shape index (κ1) is 15.6. The molecule has 0 fully saturated rings. The number of hydrogen-bond acceptors (Lipinski definition) is 2. The van der Waals surface area contributed by atoms with Gasteiger partial charge in [-0.15, -0.1) is 0 Å². The molecule has 1 aromatic carbocycles. The summed E-state index contributed by atoms with van der Waals surface area (Å²) in [5.41, 5.74) is 2.71. The summed E-state index contributed by atoms with van der Waals surface area (Å²) in [6, 6.07) is 14.2. The van der Waals surface area contributed by atoms with Crippen LogP contribution in [-0.2, 0) is 22.5 Å². The van der Waals surface area contributed by atoms with Crippen LogP contribution < -0.4 is 0 Å². The quantitative estimate of drug-likeness (QED) is 0.585. The molecule has 3 nitrogen and oxygen atoms in total. The van der Waals surface area contributed by atoms with E-state index in [0.717, 1.165) is 16.8 Å². The van der Waals surface area contributed by atoms with Gasteiger partial charge in [-0.1, -0.05) is 36.9 Å². The van der Waals surface area contributed by atoms with E-state index in [2.05, 4.69) is 39.2 Å². The van der Waals surface area contributed by atoms with Crippen LogP contribution in [0.1, 0.15) is 18.2 Å². The van der Waals surface area contributed by atoms with Crippen LogP contribution in [0.4, 0.5) is 0 Å². The van der Waals surface area contributed by atoms with E-state index in [0.29, 0.717) is 18.6 Å². The second-order valence-electron chi connectivity index (χ2n) is 4.72. The van der Waals surface area contributed by atoms with Gasteiger partial charge in [0.25, 0.3) is 0 Å². The predicted octanol–water partition coefficient (Wildman–Crippen LogP) is 3.96. The van der Waals surface area contributed by atoms with Crippen molar-refractivity contribution < 1.29 is 9.53 Å². The highest BCUT2D eigenvalue weighted by molar-refractivity contribution is 9.10. The lowest BCUT2D eigenvalue weighted by atomic mass is 10.1. The molecule has 2 rings (SSSR count). The minimum Gasteiger partial charge on any atom is -0.463 e. The monoisotopic (exact) mass is 347 g/mol. The molecule has 0 N–H and O–H groups in total. The number of esters is 1. The maximum atomic E-state index is 11.7. The molecule has 0 amide bonds. The second-order valence-corrected chi connectivity index (χ2v) is 5.53. The lowest BCUT2D eigenvalue weighted by Crippen LogP contribution is -2.12. The normalized spacial score (nSPS) is 10.4. The first-order valence-corrected chi connectivity index (χ1v) is 7.64. The number of benzene rings is 1. The lowest BCUT2D eigenvalue weighted by Gasteiger charge is -2.12. The molecule has 21 heavy (non-hydrogen) atoms. The fraction of sp³-hybridized carbons (Fsp3) is 0.235. The Kier molecular flexibility index (Phi) is 5.39. The zero-order valence-electron chi connectivity index (χ0n) is 12.0. The highest BCUT2D eigenvalue weighted by Gasteiger charge is 2.13. The minimum atomic E-state index is -0.332. The summed E-state index contributed by atoms with van der Waals surface area (Å²) >= 11 is 3.55. The Morgan fingerprint density at radius 2 is 1.95 bits per heavy atom. The molecule has 1 aromatic heterocycles. The van der Waals surface area contributed by atoms with Gasteiger partial charge in [-0.05, 0) is 40.5 Å². The van der Waals surface area contributed by atoms with Gasteiger partial charge in [0.05, 0.1) is 11.2 Å². The number of nitrogens with zero attached hydrogens (tertiary/aromatic N) is 1. The fourth-order valence-corrected chi connectivity index (χ4v) is 2.59. The van der Waals surface area contributed by atoms with Crippen LogP contribution in [0.2, 0.25) is 0 Å². The molecule has 2 aromatic rings. The van der Waals surface area contributed by atoms with Crippen molar-refractivity contribution in [2.75, 3.05) is 6.61 Å². The molecule has 0 aliphatic carbocycles. The molecule has 0 aliphatic rings. The van der Waals surface area contributed by atoms with Crippen molar-refractivity contribution >= 4 is 21.9 Å². The van der Waals surface area contributed by atoms with E-state index in [4.69, 9.17) is 4.74 Å². The summed E-state index contributed by atoms with van der Waals surface area (Å²) in [6.07, 6.45) is 0.483. The largest absolute Gasteiger partial charge is 0.463 e. The number of halogens is 1. The van der Waals surface area contributed by atoms with Crippen LogP contribution in [0.5, 0.6) is 0 Å². The molecule has 0 radical (unpaired) electrons. The number of hydrogen-bond donors (Lipinski definition) is 0. The first-order valence-electron chi connectivity index (χ1n) is 6.84. The molecule has 0 saturated carbocycles. The van der Waals surface area contributed by atoms with Gasteiger partial charge in [0.15, 0.2) is 0 Å². The van der Waals surface area contributed by atoms with Gasteiger partial charge in [-0.2, -0.15) is 0 Å². The smallest absolute Gasteiger partial charge is 0.333 e. The Morgan fingerprint density at radius 3 is 2.62 bits per heavy atom. The highest BCUT2D eigenvalue weighted by Crippen LogP contribution is 2.20. The van der Waals surface area contributed by atoms with Crippen molar-refractivity contribution in [1.29, 1.82) is 0 Å². The molecular formula is C17H18BrNO2. The first-order chi connectivity index (χ1) is 10.1. The van der Waals surface area contributed by atoms with Crippen LogP contribution >= 0.6 is 15.9 Å². The Labute approximate surface area is 133 Å². The van der Waals surface area contributed by atoms with Gasteiger partial charge in [0.2, 0.25) is 0 Å². The van der Waals surface area contributed by atoms with E-state index in [9.17, 15) is 4.79 Å². The third-order valence-electron chi connectivity index (χ3n) is 3.16. The van der Waals surface area contributed by atoms with Crippen LogP contribution in [-0.4, -0.2) is 17.1 Å². The fourth-order valence-electron chi connectivity index (χ4n) is 2.10. The molecule has 0 aliphatic heterocycles. The van der Waals surface area contributed by atoms with Crippen LogP contribution in [0, 0.1) is 0 Å². The van der Waals surface area contributed by atoms with E-state index in [1.165, 1.54) is 5.56 Å². The summed E-state index contributed by atoms with van der Waals surface area (Å²) in [5, 5.41) is 0. The van der Waals surface area contributed by atoms with Crippen LogP contribution in [0.25, 0.3) is 0 Å². The van der Waals surface area contributed by atoms with E-state index >= 15 is 0 Å². The maximum Gasteiger partial charge on any atom is 0.333 e. The van der Waals surface area contributed by atoms with Gasteiger partial charge in [-0.25, -0.2) is 4.79 Å². The molecule has 1 heterocycles. The van der Waals surface area contributed by atoms with Gasteiger partial charge in [0, 0.05) is 24.2 Å². The number of carbonyl (C=O) groups excluding carboxylic acids is 1. The van der Waals surface area contributed by atoms with Crippen molar-refractivity contribution in [3.63, 3.8) is 0 Å². The molecule has 0 saturated heterocycles. The molecule has 0 bridgehead atoms. The lowest BCUT2D eigenvalue weighted by molar-refractivity contribution is -0.138. The third kappa shape index (κ3) is 4.08. The summed E-state index contributed by atoms with van der Waals surface area (Å²) < 4.78 is 8.09. The van der Waals surface area contributed by atoms with E-state index in [-0.39, 0.29) is 5.97 Å².